The maximum atomic E-state index is 10.7. The number of aromatic nitrogens is 1. The van der Waals surface area contributed by atoms with Crippen molar-refractivity contribution >= 4 is 17.6 Å². The molecular formula is C8H10ClNO3. The predicted molar refractivity (Wildman–Crippen MR) is 47.2 cm³/mol. The summed E-state index contributed by atoms with van der Waals surface area (Å²) in [6.07, 6.45) is 0. The van der Waals surface area contributed by atoms with Crippen LogP contribution >= 0.6 is 11.6 Å². The summed E-state index contributed by atoms with van der Waals surface area (Å²) in [7, 11) is 0. The number of carbonyl (C=O) groups is 1. The van der Waals surface area contributed by atoms with E-state index in [1.807, 2.05) is 20.8 Å². The van der Waals surface area contributed by atoms with Crippen LogP contribution in [0.2, 0.25) is 5.15 Å². The van der Waals surface area contributed by atoms with Crippen LogP contribution in [0.5, 0.6) is 0 Å². The summed E-state index contributed by atoms with van der Waals surface area (Å²) in [6.45, 7) is 5.54. The molecule has 4 nitrogen and oxygen atoms in total. The maximum Gasteiger partial charge on any atom is 0.375 e. The van der Waals surface area contributed by atoms with Gasteiger partial charge in [-0.25, -0.2) is 4.79 Å². The lowest BCUT2D eigenvalue weighted by atomic mass is 9.87. The third-order valence-electron chi connectivity index (χ3n) is 1.59. The summed E-state index contributed by atoms with van der Waals surface area (Å²) in [5, 5.41) is 12.3. The van der Waals surface area contributed by atoms with Crippen molar-refractivity contribution in [3.8, 4) is 0 Å². The minimum Gasteiger partial charge on any atom is -0.475 e. The Labute approximate surface area is 80.5 Å². The van der Waals surface area contributed by atoms with Crippen LogP contribution in [0.1, 0.15) is 36.9 Å². The molecule has 1 heterocycles. The van der Waals surface area contributed by atoms with Gasteiger partial charge in [0, 0.05) is 0 Å². The van der Waals surface area contributed by atoms with Crippen molar-refractivity contribution in [2.24, 2.45) is 0 Å². The van der Waals surface area contributed by atoms with Gasteiger partial charge in [0.15, 0.2) is 5.15 Å². The highest BCUT2D eigenvalue weighted by molar-refractivity contribution is 6.30. The molecule has 1 N–H and O–H groups in total. The largest absolute Gasteiger partial charge is 0.475 e. The molecule has 0 aliphatic rings. The molecule has 0 spiro atoms. The van der Waals surface area contributed by atoms with Gasteiger partial charge in [-0.2, -0.15) is 0 Å². The maximum absolute atomic E-state index is 10.7. The number of hydrogen-bond acceptors (Lipinski definition) is 3. The monoisotopic (exact) mass is 203 g/mol. The molecule has 0 saturated carbocycles. The Morgan fingerprint density at radius 2 is 2.08 bits per heavy atom. The Kier molecular flexibility index (Phi) is 2.34. The van der Waals surface area contributed by atoms with Gasteiger partial charge >= 0.3 is 5.97 Å². The van der Waals surface area contributed by atoms with E-state index in [4.69, 9.17) is 16.7 Å². The highest BCUT2D eigenvalue weighted by Gasteiger charge is 2.29. The van der Waals surface area contributed by atoms with Gasteiger partial charge in [-0.05, 0) is 5.41 Å². The topological polar surface area (TPSA) is 63.3 Å². The first-order valence-electron chi connectivity index (χ1n) is 3.73. The third kappa shape index (κ3) is 1.83. The summed E-state index contributed by atoms with van der Waals surface area (Å²) in [4.78, 5) is 10.7. The van der Waals surface area contributed by atoms with Crippen LogP contribution in [-0.2, 0) is 5.41 Å². The minimum atomic E-state index is -1.15. The molecule has 0 aliphatic carbocycles. The molecule has 0 atom stereocenters. The second-order valence-electron chi connectivity index (χ2n) is 3.73. The lowest BCUT2D eigenvalue weighted by Gasteiger charge is -2.16. The fourth-order valence-corrected chi connectivity index (χ4v) is 1.47. The van der Waals surface area contributed by atoms with Crippen LogP contribution in [0.3, 0.4) is 0 Å². The minimum absolute atomic E-state index is 0.116. The van der Waals surface area contributed by atoms with Crippen LogP contribution in [-0.4, -0.2) is 16.2 Å². The van der Waals surface area contributed by atoms with Gasteiger partial charge < -0.3 is 9.63 Å². The van der Waals surface area contributed by atoms with E-state index in [9.17, 15) is 4.79 Å². The van der Waals surface area contributed by atoms with Crippen molar-refractivity contribution in [2.75, 3.05) is 0 Å². The van der Waals surface area contributed by atoms with Crippen molar-refractivity contribution < 1.29 is 14.4 Å². The number of hydrogen-bond donors (Lipinski definition) is 1. The molecule has 1 rings (SSSR count). The number of rotatable bonds is 1. The zero-order chi connectivity index (χ0) is 10.2. The quantitative estimate of drug-likeness (QED) is 0.761. The predicted octanol–water partition coefficient (Wildman–Crippen LogP) is 2.32. The van der Waals surface area contributed by atoms with E-state index in [2.05, 4.69) is 9.68 Å². The van der Waals surface area contributed by atoms with Gasteiger partial charge in [0.25, 0.3) is 0 Å². The molecule has 0 amide bonds. The summed E-state index contributed by atoms with van der Waals surface area (Å²) in [6, 6.07) is 0. The second kappa shape index (κ2) is 3.03. The Morgan fingerprint density at radius 1 is 1.54 bits per heavy atom. The molecule has 1 aromatic rings. The number of carboxylic acid groups (broad SMARTS) is 1. The van der Waals surface area contributed by atoms with Crippen LogP contribution in [0.15, 0.2) is 4.52 Å². The second-order valence-corrected chi connectivity index (χ2v) is 4.09. The SMILES string of the molecule is CC(C)(C)c1c(Cl)noc1C(=O)O. The van der Waals surface area contributed by atoms with Crippen molar-refractivity contribution in [2.45, 2.75) is 26.2 Å². The first-order valence-corrected chi connectivity index (χ1v) is 4.10. The highest BCUT2D eigenvalue weighted by Crippen LogP contribution is 2.31. The molecule has 1 aromatic heterocycles. The lowest BCUT2D eigenvalue weighted by molar-refractivity contribution is 0.0648. The van der Waals surface area contributed by atoms with E-state index in [0.717, 1.165) is 0 Å². The van der Waals surface area contributed by atoms with Gasteiger partial charge in [-0.1, -0.05) is 37.5 Å². The standard InChI is InChI=1S/C8H10ClNO3/c1-8(2,3)4-5(7(11)12)13-10-6(4)9/h1-3H3,(H,11,12). The first-order chi connectivity index (χ1) is 5.84. The Balaban J connectivity index is 3.33. The zero-order valence-electron chi connectivity index (χ0n) is 7.59. The fraction of sp³-hybridized carbons (Fsp3) is 0.500. The van der Waals surface area contributed by atoms with Crippen molar-refractivity contribution in [1.82, 2.24) is 5.16 Å². The smallest absolute Gasteiger partial charge is 0.375 e. The Bertz CT molecular complexity index is 338. The number of aromatic carboxylic acids is 1. The summed E-state index contributed by atoms with van der Waals surface area (Å²) in [5.74, 6) is -1.33. The van der Waals surface area contributed by atoms with Crippen LogP contribution in [0.4, 0.5) is 0 Å². The number of nitrogens with zero attached hydrogens (tertiary/aromatic N) is 1. The van der Waals surface area contributed by atoms with Crippen molar-refractivity contribution in [3.05, 3.63) is 16.5 Å². The molecule has 13 heavy (non-hydrogen) atoms. The van der Waals surface area contributed by atoms with E-state index in [0.29, 0.717) is 5.56 Å². The molecular weight excluding hydrogens is 194 g/mol. The van der Waals surface area contributed by atoms with Crippen LogP contribution < -0.4 is 0 Å². The van der Waals surface area contributed by atoms with E-state index >= 15 is 0 Å². The molecule has 0 unspecified atom stereocenters. The van der Waals surface area contributed by atoms with Gasteiger partial charge in [0.05, 0.1) is 5.56 Å². The van der Waals surface area contributed by atoms with Gasteiger partial charge in [-0.3, -0.25) is 0 Å². The van der Waals surface area contributed by atoms with Crippen LogP contribution in [0.25, 0.3) is 0 Å². The van der Waals surface area contributed by atoms with Gasteiger partial charge in [0.2, 0.25) is 5.76 Å². The molecule has 72 valence electrons. The Hall–Kier alpha value is -1.03. The molecule has 5 heteroatoms. The average molecular weight is 204 g/mol. The summed E-state index contributed by atoms with van der Waals surface area (Å²) in [5.41, 5.74) is 0.0480. The molecule has 0 radical (unpaired) electrons. The summed E-state index contributed by atoms with van der Waals surface area (Å²) < 4.78 is 4.60. The molecule has 0 saturated heterocycles. The molecule has 0 bridgehead atoms. The van der Waals surface area contributed by atoms with E-state index in [-0.39, 0.29) is 16.3 Å². The van der Waals surface area contributed by atoms with Crippen molar-refractivity contribution in [1.29, 1.82) is 0 Å². The Morgan fingerprint density at radius 3 is 2.38 bits per heavy atom. The van der Waals surface area contributed by atoms with Gasteiger partial charge in [-0.15, -0.1) is 0 Å². The fourth-order valence-electron chi connectivity index (χ4n) is 1.07. The van der Waals surface area contributed by atoms with Crippen LogP contribution in [0, 0.1) is 0 Å². The first kappa shape index (κ1) is 10.1. The average Bonchev–Trinajstić information content (AvgIpc) is 2.28. The number of carboxylic acids is 1. The normalized spacial score (nSPS) is 11.7. The summed E-state index contributed by atoms with van der Waals surface area (Å²) >= 11 is 5.71. The highest BCUT2D eigenvalue weighted by atomic mass is 35.5. The van der Waals surface area contributed by atoms with E-state index in [1.165, 1.54) is 0 Å². The zero-order valence-corrected chi connectivity index (χ0v) is 8.34. The van der Waals surface area contributed by atoms with Crippen molar-refractivity contribution in [3.63, 3.8) is 0 Å². The molecule has 0 aromatic carbocycles. The van der Waals surface area contributed by atoms with E-state index in [1.54, 1.807) is 0 Å². The van der Waals surface area contributed by atoms with Gasteiger partial charge in [0.1, 0.15) is 0 Å². The molecule has 0 fully saturated rings. The third-order valence-corrected chi connectivity index (χ3v) is 1.85. The van der Waals surface area contributed by atoms with E-state index < -0.39 is 5.97 Å². The lowest BCUT2D eigenvalue weighted by Crippen LogP contribution is -2.15. The molecule has 0 aliphatic heterocycles. The number of halogens is 1.